The summed E-state index contributed by atoms with van der Waals surface area (Å²) in [5, 5.41) is 3.13. The minimum absolute atomic E-state index is 0. The lowest BCUT2D eigenvalue weighted by Gasteiger charge is -2.06. The van der Waals surface area contributed by atoms with E-state index in [1.807, 2.05) is 7.05 Å². The fourth-order valence-corrected chi connectivity index (χ4v) is 1.22. The van der Waals surface area contributed by atoms with Gasteiger partial charge >= 0.3 is 0 Å². The fraction of sp³-hybridized carbons (Fsp3) is 0.455. The third-order valence-corrected chi connectivity index (χ3v) is 2.03. The van der Waals surface area contributed by atoms with Gasteiger partial charge in [-0.1, -0.05) is 38.1 Å². The van der Waals surface area contributed by atoms with Gasteiger partial charge in [-0.15, -0.1) is 12.4 Å². The summed E-state index contributed by atoms with van der Waals surface area (Å²) in [7, 11) is 1.97. The standard InChI is InChI=1S/C11H17N.ClH/c1-9(2)11-6-4-10(5-7-11)8-12-3;/h4-7,9,12H,8H2,1-3H3;1H. The van der Waals surface area contributed by atoms with Crippen molar-refractivity contribution in [2.24, 2.45) is 0 Å². The molecule has 1 aromatic carbocycles. The topological polar surface area (TPSA) is 12.0 Å². The van der Waals surface area contributed by atoms with E-state index in [4.69, 9.17) is 0 Å². The number of benzene rings is 1. The SMILES string of the molecule is CNCc1ccc(C(C)C)cc1.Cl. The van der Waals surface area contributed by atoms with E-state index < -0.39 is 0 Å². The molecule has 0 bridgehead atoms. The molecule has 0 fully saturated rings. The molecule has 0 atom stereocenters. The van der Waals surface area contributed by atoms with Gasteiger partial charge < -0.3 is 5.32 Å². The molecule has 0 aliphatic rings. The second kappa shape index (κ2) is 6.01. The van der Waals surface area contributed by atoms with Crippen molar-refractivity contribution in [2.75, 3.05) is 7.05 Å². The molecule has 1 rings (SSSR count). The molecule has 0 amide bonds. The summed E-state index contributed by atoms with van der Waals surface area (Å²) in [4.78, 5) is 0. The van der Waals surface area contributed by atoms with Gasteiger partial charge in [0.05, 0.1) is 0 Å². The predicted molar refractivity (Wildman–Crippen MR) is 60.5 cm³/mol. The lowest BCUT2D eigenvalue weighted by atomic mass is 10.0. The lowest BCUT2D eigenvalue weighted by molar-refractivity contribution is 0.813. The smallest absolute Gasteiger partial charge is 0.0202 e. The molecule has 74 valence electrons. The zero-order valence-corrected chi connectivity index (χ0v) is 9.32. The second-order valence-corrected chi connectivity index (χ2v) is 3.43. The maximum atomic E-state index is 3.13. The van der Waals surface area contributed by atoms with Crippen molar-refractivity contribution in [3.05, 3.63) is 35.4 Å². The first-order valence-corrected chi connectivity index (χ1v) is 4.47. The number of hydrogen-bond donors (Lipinski definition) is 1. The maximum Gasteiger partial charge on any atom is 0.0202 e. The van der Waals surface area contributed by atoms with Gasteiger partial charge in [-0.2, -0.15) is 0 Å². The van der Waals surface area contributed by atoms with Gasteiger partial charge in [0.15, 0.2) is 0 Å². The third-order valence-electron chi connectivity index (χ3n) is 2.03. The van der Waals surface area contributed by atoms with Gasteiger partial charge in [0.25, 0.3) is 0 Å². The van der Waals surface area contributed by atoms with Crippen LogP contribution in [0.5, 0.6) is 0 Å². The summed E-state index contributed by atoms with van der Waals surface area (Å²) >= 11 is 0. The van der Waals surface area contributed by atoms with Crippen LogP contribution in [0.4, 0.5) is 0 Å². The van der Waals surface area contributed by atoms with Crippen molar-refractivity contribution in [3.8, 4) is 0 Å². The van der Waals surface area contributed by atoms with Crippen LogP contribution in [0.2, 0.25) is 0 Å². The molecule has 13 heavy (non-hydrogen) atoms. The van der Waals surface area contributed by atoms with Gasteiger partial charge in [0.1, 0.15) is 0 Å². The zero-order valence-electron chi connectivity index (χ0n) is 8.50. The quantitative estimate of drug-likeness (QED) is 0.790. The molecule has 0 saturated heterocycles. The van der Waals surface area contributed by atoms with Crippen molar-refractivity contribution < 1.29 is 0 Å². The Morgan fingerprint density at radius 1 is 1.15 bits per heavy atom. The minimum atomic E-state index is 0. The Morgan fingerprint density at radius 3 is 2.08 bits per heavy atom. The Bertz CT molecular complexity index is 228. The summed E-state index contributed by atoms with van der Waals surface area (Å²) in [6.07, 6.45) is 0. The molecule has 1 N–H and O–H groups in total. The number of hydrogen-bond acceptors (Lipinski definition) is 1. The van der Waals surface area contributed by atoms with E-state index in [1.54, 1.807) is 0 Å². The van der Waals surface area contributed by atoms with Crippen LogP contribution >= 0.6 is 12.4 Å². The molecule has 0 aliphatic carbocycles. The van der Waals surface area contributed by atoms with Crippen molar-refractivity contribution in [1.29, 1.82) is 0 Å². The summed E-state index contributed by atoms with van der Waals surface area (Å²) in [6, 6.07) is 8.78. The molecule has 1 nitrogen and oxygen atoms in total. The number of nitrogens with one attached hydrogen (secondary N) is 1. The average molecular weight is 200 g/mol. The highest BCUT2D eigenvalue weighted by atomic mass is 35.5. The first-order chi connectivity index (χ1) is 5.74. The summed E-state index contributed by atoms with van der Waals surface area (Å²) < 4.78 is 0. The van der Waals surface area contributed by atoms with Gasteiger partial charge in [-0.25, -0.2) is 0 Å². The zero-order chi connectivity index (χ0) is 8.97. The minimum Gasteiger partial charge on any atom is -0.316 e. The molecule has 1 aromatic rings. The Kier molecular flexibility index (Phi) is 5.76. The number of rotatable bonds is 3. The molecule has 0 radical (unpaired) electrons. The third kappa shape index (κ3) is 3.79. The van der Waals surface area contributed by atoms with Crippen molar-refractivity contribution in [2.45, 2.75) is 26.3 Å². The van der Waals surface area contributed by atoms with Crippen LogP contribution in [0.25, 0.3) is 0 Å². The normalized spacial score (nSPS) is 9.85. The van der Waals surface area contributed by atoms with E-state index >= 15 is 0 Å². The predicted octanol–water partition coefficient (Wildman–Crippen LogP) is 2.95. The van der Waals surface area contributed by atoms with Gasteiger partial charge in [-0.05, 0) is 24.1 Å². The van der Waals surface area contributed by atoms with Crippen LogP contribution in [0.3, 0.4) is 0 Å². The Labute approximate surface area is 87.0 Å². The summed E-state index contributed by atoms with van der Waals surface area (Å²) in [5.41, 5.74) is 2.76. The highest BCUT2D eigenvalue weighted by Gasteiger charge is 1.97. The molecule has 2 heteroatoms. The molecule has 0 spiro atoms. The van der Waals surface area contributed by atoms with E-state index in [1.165, 1.54) is 11.1 Å². The highest BCUT2D eigenvalue weighted by molar-refractivity contribution is 5.85. The molecule has 0 heterocycles. The molecular formula is C11H18ClN. The molecule has 0 saturated carbocycles. The van der Waals surface area contributed by atoms with Crippen molar-refractivity contribution >= 4 is 12.4 Å². The van der Waals surface area contributed by atoms with Crippen LogP contribution in [-0.2, 0) is 6.54 Å². The number of halogens is 1. The first-order valence-electron chi connectivity index (χ1n) is 4.47. The second-order valence-electron chi connectivity index (χ2n) is 3.43. The van der Waals surface area contributed by atoms with E-state index in [0.29, 0.717) is 5.92 Å². The summed E-state index contributed by atoms with van der Waals surface area (Å²) in [6.45, 7) is 5.39. The van der Waals surface area contributed by atoms with Crippen molar-refractivity contribution in [3.63, 3.8) is 0 Å². The van der Waals surface area contributed by atoms with Crippen molar-refractivity contribution in [1.82, 2.24) is 5.32 Å². The molecule has 0 aliphatic heterocycles. The summed E-state index contributed by atoms with van der Waals surface area (Å²) in [5.74, 6) is 0.633. The van der Waals surface area contributed by atoms with E-state index in [-0.39, 0.29) is 12.4 Å². The van der Waals surface area contributed by atoms with E-state index in [2.05, 4.69) is 43.4 Å². The fourth-order valence-electron chi connectivity index (χ4n) is 1.22. The lowest BCUT2D eigenvalue weighted by Crippen LogP contribution is -2.04. The maximum absolute atomic E-state index is 3.13. The Morgan fingerprint density at radius 2 is 1.69 bits per heavy atom. The van der Waals surface area contributed by atoms with Crippen LogP contribution in [0, 0.1) is 0 Å². The first kappa shape index (κ1) is 12.5. The van der Waals surface area contributed by atoms with Crippen LogP contribution in [0.15, 0.2) is 24.3 Å². The Hall–Kier alpha value is -0.530. The van der Waals surface area contributed by atoms with Gasteiger partial charge in [0, 0.05) is 6.54 Å². The molecular weight excluding hydrogens is 182 g/mol. The highest BCUT2D eigenvalue weighted by Crippen LogP contribution is 2.14. The van der Waals surface area contributed by atoms with Crippen LogP contribution < -0.4 is 5.32 Å². The Balaban J connectivity index is 0.00000144. The molecule has 0 unspecified atom stereocenters. The average Bonchev–Trinajstić information content (AvgIpc) is 2.06. The van der Waals surface area contributed by atoms with Gasteiger partial charge in [-0.3, -0.25) is 0 Å². The molecule has 0 aromatic heterocycles. The largest absolute Gasteiger partial charge is 0.316 e. The van der Waals surface area contributed by atoms with Gasteiger partial charge in [0.2, 0.25) is 0 Å². The van der Waals surface area contributed by atoms with Crippen LogP contribution in [0.1, 0.15) is 30.9 Å². The van der Waals surface area contributed by atoms with E-state index in [9.17, 15) is 0 Å². The van der Waals surface area contributed by atoms with E-state index in [0.717, 1.165) is 6.54 Å². The monoisotopic (exact) mass is 199 g/mol. The van der Waals surface area contributed by atoms with Crippen LogP contribution in [-0.4, -0.2) is 7.05 Å².